The summed E-state index contributed by atoms with van der Waals surface area (Å²) in [5.74, 6) is -0.207. The molecule has 1 aliphatic rings. The van der Waals surface area contributed by atoms with Gasteiger partial charge in [-0.05, 0) is 46.9 Å². The monoisotopic (exact) mass is 618 g/mol. The minimum atomic E-state index is -4.52. The third kappa shape index (κ3) is 4.88. The van der Waals surface area contributed by atoms with E-state index >= 15 is 0 Å². The van der Waals surface area contributed by atoms with Gasteiger partial charge < -0.3 is 4.90 Å². The Morgan fingerprint density at radius 2 is 1.24 bits per heavy atom. The van der Waals surface area contributed by atoms with Crippen molar-refractivity contribution in [1.82, 2.24) is 19.0 Å². The van der Waals surface area contributed by atoms with Crippen molar-refractivity contribution in [3.05, 3.63) is 160 Å². The summed E-state index contributed by atoms with van der Waals surface area (Å²) in [4.78, 5) is 34.8. The lowest BCUT2D eigenvalue weighted by Gasteiger charge is -2.37. The third-order valence-corrected chi connectivity index (χ3v) is 8.71. The van der Waals surface area contributed by atoms with Crippen LogP contribution in [-0.2, 0) is 23.1 Å². The predicted molar refractivity (Wildman–Crippen MR) is 170 cm³/mol. The van der Waals surface area contributed by atoms with Crippen LogP contribution in [0.2, 0.25) is 0 Å². The Morgan fingerprint density at radius 1 is 0.696 bits per heavy atom. The molecule has 1 aliphatic heterocycles. The van der Waals surface area contributed by atoms with Crippen LogP contribution in [-0.4, -0.2) is 38.0 Å². The fourth-order valence-electron chi connectivity index (χ4n) is 6.35. The molecule has 1 saturated heterocycles. The molecule has 9 heteroatoms. The Hall–Kier alpha value is -5.44. The van der Waals surface area contributed by atoms with Crippen LogP contribution < -0.4 is 5.69 Å². The number of aromatic nitrogens is 3. The van der Waals surface area contributed by atoms with Crippen molar-refractivity contribution >= 4 is 17.1 Å². The second kappa shape index (κ2) is 11.5. The summed E-state index contributed by atoms with van der Waals surface area (Å²) < 4.78 is 43.9. The zero-order chi connectivity index (χ0) is 31.9. The molecule has 1 fully saturated rings. The van der Waals surface area contributed by atoms with Gasteiger partial charge >= 0.3 is 11.9 Å². The van der Waals surface area contributed by atoms with Gasteiger partial charge in [0.05, 0.1) is 11.1 Å². The third-order valence-electron chi connectivity index (χ3n) is 8.71. The van der Waals surface area contributed by atoms with E-state index in [-0.39, 0.29) is 12.5 Å². The van der Waals surface area contributed by atoms with Crippen molar-refractivity contribution in [2.75, 3.05) is 13.1 Å². The Kier molecular flexibility index (Phi) is 7.31. The van der Waals surface area contributed by atoms with Crippen LogP contribution in [0.15, 0.2) is 132 Å². The Labute approximate surface area is 263 Å². The highest BCUT2D eigenvalue weighted by atomic mass is 19.4. The van der Waals surface area contributed by atoms with Gasteiger partial charge in [-0.25, -0.2) is 9.78 Å². The van der Waals surface area contributed by atoms with Gasteiger partial charge in [0, 0.05) is 24.8 Å². The number of hydrogen-bond acceptors (Lipinski definition) is 3. The molecule has 0 radical (unpaired) electrons. The lowest BCUT2D eigenvalue weighted by Crippen LogP contribution is -2.47. The molecule has 2 aromatic heterocycles. The molecule has 230 valence electrons. The first-order valence-electron chi connectivity index (χ1n) is 15.0. The molecule has 0 spiro atoms. The van der Waals surface area contributed by atoms with E-state index in [1.165, 1.54) is 16.8 Å². The molecule has 0 bridgehead atoms. The number of likely N-dealkylation sites (tertiary alicyclic amines) is 1. The maximum absolute atomic E-state index is 14.9. The molecule has 3 heterocycles. The number of amides is 1. The second-order valence-electron chi connectivity index (χ2n) is 11.4. The number of nitrogens with zero attached hydrogens (tertiary/aromatic N) is 4. The van der Waals surface area contributed by atoms with E-state index in [9.17, 15) is 22.8 Å². The number of carbonyl (C=O) groups excluding carboxylic acids is 1. The lowest BCUT2D eigenvalue weighted by atomic mass is 9.76. The molecule has 4 aromatic carbocycles. The van der Waals surface area contributed by atoms with Crippen LogP contribution in [0.3, 0.4) is 0 Å². The summed E-state index contributed by atoms with van der Waals surface area (Å²) in [6.45, 7) is 0.994. The summed E-state index contributed by atoms with van der Waals surface area (Å²) in [6.07, 6.45) is -2.15. The van der Waals surface area contributed by atoms with Gasteiger partial charge in [0.1, 0.15) is 12.1 Å². The first-order valence-corrected chi connectivity index (χ1v) is 15.0. The van der Waals surface area contributed by atoms with E-state index in [1.54, 1.807) is 21.6 Å². The highest BCUT2D eigenvalue weighted by molar-refractivity contribution is 5.83. The molecule has 0 saturated carbocycles. The fraction of sp³-hybridized carbons (Fsp3) is 0.162. The number of alkyl halides is 3. The molecule has 46 heavy (non-hydrogen) atoms. The van der Waals surface area contributed by atoms with Gasteiger partial charge in [-0.2, -0.15) is 13.2 Å². The lowest BCUT2D eigenvalue weighted by molar-refractivity contribution is -0.137. The van der Waals surface area contributed by atoms with E-state index in [0.29, 0.717) is 35.4 Å². The number of benzene rings is 4. The molecule has 6 aromatic rings. The molecule has 0 unspecified atom stereocenters. The highest BCUT2D eigenvalue weighted by Gasteiger charge is 2.42. The van der Waals surface area contributed by atoms with Gasteiger partial charge in [0.25, 0.3) is 0 Å². The zero-order valence-electron chi connectivity index (χ0n) is 24.7. The number of imidazole rings is 1. The fourth-order valence-corrected chi connectivity index (χ4v) is 6.35. The van der Waals surface area contributed by atoms with Crippen molar-refractivity contribution < 1.29 is 18.0 Å². The number of hydrogen-bond donors (Lipinski definition) is 0. The molecular formula is C37H29F3N4O2. The van der Waals surface area contributed by atoms with Crippen LogP contribution in [0.1, 0.15) is 28.7 Å². The zero-order valence-corrected chi connectivity index (χ0v) is 24.7. The van der Waals surface area contributed by atoms with E-state index in [2.05, 4.69) is 0 Å². The van der Waals surface area contributed by atoms with Crippen molar-refractivity contribution in [2.24, 2.45) is 0 Å². The number of fused-ring (bicyclic) bond motifs is 1. The van der Waals surface area contributed by atoms with Gasteiger partial charge in [0.2, 0.25) is 5.91 Å². The van der Waals surface area contributed by atoms with E-state index < -0.39 is 23.0 Å². The van der Waals surface area contributed by atoms with Gasteiger partial charge in [0.15, 0.2) is 5.65 Å². The van der Waals surface area contributed by atoms with Crippen LogP contribution in [0, 0.1) is 0 Å². The number of rotatable bonds is 7. The molecule has 0 N–H and O–H groups in total. The Balaban J connectivity index is 1.56. The normalized spacial score (nSPS) is 13.5. The van der Waals surface area contributed by atoms with Crippen molar-refractivity contribution in [1.29, 1.82) is 0 Å². The largest absolute Gasteiger partial charge is 0.416 e. The molecule has 7 rings (SSSR count). The van der Waals surface area contributed by atoms with E-state index in [4.69, 9.17) is 4.98 Å². The maximum Gasteiger partial charge on any atom is 0.416 e. The maximum atomic E-state index is 14.9. The quantitative estimate of drug-likeness (QED) is 0.182. The highest BCUT2D eigenvalue weighted by Crippen LogP contribution is 2.42. The summed E-state index contributed by atoms with van der Waals surface area (Å²) in [6, 6.07) is 35.6. The van der Waals surface area contributed by atoms with Gasteiger partial charge in [-0.3, -0.25) is 13.9 Å². The number of carbonyl (C=O) groups is 1. The van der Waals surface area contributed by atoms with Crippen molar-refractivity contribution in [3.8, 4) is 11.1 Å². The van der Waals surface area contributed by atoms with E-state index in [1.807, 2.05) is 91.0 Å². The number of pyridine rings is 1. The number of halogens is 3. The van der Waals surface area contributed by atoms with Gasteiger partial charge in [-0.15, -0.1) is 0 Å². The molecule has 0 atom stereocenters. The first kappa shape index (κ1) is 29.3. The topological polar surface area (TPSA) is 60.1 Å². The average Bonchev–Trinajstić information content (AvgIpc) is 3.32. The minimum absolute atomic E-state index is 0.207. The van der Waals surface area contributed by atoms with Crippen molar-refractivity contribution in [3.63, 3.8) is 0 Å². The predicted octanol–water partition coefficient (Wildman–Crippen LogP) is 6.96. The Morgan fingerprint density at radius 3 is 1.74 bits per heavy atom. The standard InChI is InChI=1S/C37H29F3N4O2/c38-37(39,40)31-19-10-12-26(22-31)27-23-32-34(41-24-27)44(35(46)43(32)25-33(45)42-20-11-21-42)36(28-13-4-1-5-14-28,29-15-6-2-7-16-29)30-17-8-3-9-18-30/h1-10,12-19,22-24H,11,20-21,25H2. The smallest absolute Gasteiger partial charge is 0.341 e. The minimum Gasteiger partial charge on any atom is -0.341 e. The second-order valence-corrected chi connectivity index (χ2v) is 11.4. The van der Waals surface area contributed by atoms with Crippen molar-refractivity contribution in [2.45, 2.75) is 24.7 Å². The summed E-state index contributed by atoms with van der Waals surface area (Å²) in [7, 11) is 0. The van der Waals surface area contributed by atoms with E-state index in [0.717, 1.165) is 35.2 Å². The first-order chi connectivity index (χ1) is 22.3. The van der Waals surface area contributed by atoms with Crippen LogP contribution in [0.4, 0.5) is 13.2 Å². The molecule has 1 amide bonds. The molecule has 0 aliphatic carbocycles. The molecular weight excluding hydrogens is 589 g/mol. The van der Waals surface area contributed by atoms with Gasteiger partial charge in [-0.1, -0.05) is 103 Å². The van der Waals surface area contributed by atoms with Crippen LogP contribution >= 0.6 is 0 Å². The summed E-state index contributed by atoms with van der Waals surface area (Å²) in [5.41, 5.74) is 1.27. The van der Waals surface area contributed by atoms with Crippen LogP contribution in [0.25, 0.3) is 22.3 Å². The Bertz CT molecular complexity index is 1990. The van der Waals surface area contributed by atoms with Crippen LogP contribution in [0.5, 0.6) is 0 Å². The summed E-state index contributed by atoms with van der Waals surface area (Å²) >= 11 is 0. The summed E-state index contributed by atoms with van der Waals surface area (Å²) in [5, 5.41) is 0. The SMILES string of the molecule is O=C(Cn1c(=O)n(C(c2ccccc2)(c2ccccc2)c2ccccc2)c2ncc(-c3cccc(C(F)(F)F)c3)cc21)N1CCC1. The average molecular weight is 619 g/mol. The molecule has 6 nitrogen and oxygen atoms in total.